The predicted octanol–water partition coefficient (Wildman–Crippen LogP) is 5.27. The Balaban J connectivity index is 1.85. The van der Waals surface area contributed by atoms with Crippen molar-refractivity contribution in [3.8, 4) is 0 Å². The van der Waals surface area contributed by atoms with Crippen LogP contribution in [0.25, 0.3) is 0 Å². The zero-order valence-electron chi connectivity index (χ0n) is 16.0. The fourth-order valence-corrected chi connectivity index (χ4v) is 2.88. The minimum Gasteiger partial charge on any atom is -0.339 e. The predicted molar refractivity (Wildman–Crippen MR) is 107 cm³/mol. The van der Waals surface area contributed by atoms with Crippen molar-refractivity contribution >= 4 is 23.1 Å². The Hall–Kier alpha value is -2.95. The maximum Gasteiger partial charge on any atom is 0.249 e. The van der Waals surface area contributed by atoms with Gasteiger partial charge in [0, 0.05) is 11.4 Å². The molecule has 0 fully saturated rings. The molecular weight excluding hydrogens is 322 g/mol. The van der Waals surface area contributed by atoms with Gasteiger partial charge in [-0.05, 0) is 42.5 Å². The summed E-state index contributed by atoms with van der Waals surface area (Å²) in [6.45, 7) is 10.7. The first-order valence-electron chi connectivity index (χ1n) is 8.73. The number of aromatic nitrogens is 3. The lowest BCUT2D eigenvalue weighted by atomic mass is 9.86. The molecule has 1 aromatic heterocycles. The highest BCUT2D eigenvalue weighted by Crippen LogP contribution is 2.30. The normalized spacial score (nSPS) is 11.3. The molecule has 0 saturated heterocycles. The minimum atomic E-state index is 0.0197. The molecule has 0 aliphatic heterocycles. The van der Waals surface area contributed by atoms with E-state index < -0.39 is 0 Å². The zero-order valence-corrected chi connectivity index (χ0v) is 16.0. The van der Waals surface area contributed by atoms with E-state index >= 15 is 0 Å². The van der Waals surface area contributed by atoms with Crippen LogP contribution in [-0.4, -0.2) is 15.2 Å². The van der Waals surface area contributed by atoms with Crippen molar-refractivity contribution in [1.82, 2.24) is 15.2 Å². The third-order valence-electron chi connectivity index (χ3n) is 4.19. The summed E-state index contributed by atoms with van der Waals surface area (Å²) in [5.74, 6) is 1.12. The molecule has 26 heavy (non-hydrogen) atoms. The number of para-hydroxylation sites is 1. The molecule has 0 atom stereocenters. The second-order valence-corrected chi connectivity index (χ2v) is 7.53. The quantitative estimate of drug-likeness (QED) is 0.673. The first-order valence-corrected chi connectivity index (χ1v) is 8.73. The van der Waals surface area contributed by atoms with Gasteiger partial charge in [0.05, 0.1) is 6.20 Å². The topological polar surface area (TPSA) is 62.7 Å². The van der Waals surface area contributed by atoms with Gasteiger partial charge < -0.3 is 10.6 Å². The largest absolute Gasteiger partial charge is 0.339 e. The lowest BCUT2D eigenvalue weighted by molar-refractivity contribution is 0.592. The van der Waals surface area contributed by atoms with Crippen molar-refractivity contribution in [1.29, 1.82) is 0 Å². The molecule has 5 nitrogen and oxygen atoms in total. The van der Waals surface area contributed by atoms with Crippen LogP contribution < -0.4 is 10.6 Å². The number of nitrogens with one attached hydrogen (secondary N) is 2. The molecule has 0 saturated carbocycles. The van der Waals surface area contributed by atoms with Gasteiger partial charge in [-0.2, -0.15) is 10.1 Å². The highest BCUT2D eigenvalue weighted by Gasteiger charge is 2.18. The molecule has 2 N–H and O–H groups in total. The maximum absolute atomic E-state index is 4.55. The number of rotatable bonds is 4. The molecular formula is C21H25N5. The summed E-state index contributed by atoms with van der Waals surface area (Å²) in [5, 5.41) is 14.8. The van der Waals surface area contributed by atoms with E-state index in [1.54, 1.807) is 6.20 Å². The molecule has 0 aliphatic rings. The molecule has 0 radical (unpaired) electrons. The van der Waals surface area contributed by atoms with E-state index in [1.807, 2.05) is 18.2 Å². The molecule has 3 aromatic rings. The van der Waals surface area contributed by atoms with E-state index in [2.05, 4.69) is 84.7 Å². The van der Waals surface area contributed by atoms with Gasteiger partial charge >= 0.3 is 0 Å². The van der Waals surface area contributed by atoms with Crippen molar-refractivity contribution in [3.63, 3.8) is 0 Å². The van der Waals surface area contributed by atoms with Crippen molar-refractivity contribution in [3.05, 3.63) is 65.4 Å². The van der Waals surface area contributed by atoms with Gasteiger partial charge in [-0.3, -0.25) is 0 Å². The van der Waals surface area contributed by atoms with Crippen LogP contribution in [-0.2, 0) is 5.41 Å². The SMILES string of the molecule is Cc1ccc(Nc2cnnc(Nc3ccccc3C(C)(C)C)n2)c(C)c1. The Morgan fingerprint density at radius 2 is 1.65 bits per heavy atom. The van der Waals surface area contributed by atoms with E-state index in [-0.39, 0.29) is 5.41 Å². The van der Waals surface area contributed by atoms with E-state index in [4.69, 9.17) is 0 Å². The lowest BCUT2D eigenvalue weighted by Gasteiger charge is -2.22. The van der Waals surface area contributed by atoms with Gasteiger partial charge in [0.15, 0.2) is 5.82 Å². The lowest BCUT2D eigenvalue weighted by Crippen LogP contribution is -2.14. The first-order chi connectivity index (χ1) is 12.3. The summed E-state index contributed by atoms with van der Waals surface area (Å²) in [5.41, 5.74) is 5.62. The maximum atomic E-state index is 4.55. The Kier molecular flexibility index (Phi) is 4.89. The Labute approximate surface area is 154 Å². The van der Waals surface area contributed by atoms with Crippen LogP contribution in [0, 0.1) is 13.8 Å². The number of aryl methyl sites for hydroxylation is 2. The summed E-state index contributed by atoms with van der Waals surface area (Å²) in [6.07, 6.45) is 1.63. The molecule has 3 rings (SSSR count). The molecule has 0 bridgehead atoms. The number of hydrogen-bond acceptors (Lipinski definition) is 5. The van der Waals surface area contributed by atoms with Crippen molar-refractivity contribution in [2.45, 2.75) is 40.0 Å². The van der Waals surface area contributed by atoms with Crippen molar-refractivity contribution in [2.75, 3.05) is 10.6 Å². The Morgan fingerprint density at radius 3 is 2.38 bits per heavy atom. The average molecular weight is 347 g/mol. The van der Waals surface area contributed by atoms with Gasteiger partial charge in [-0.15, -0.1) is 5.10 Å². The third kappa shape index (κ3) is 4.17. The van der Waals surface area contributed by atoms with Crippen LogP contribution in [0.1, 0.15) is 37.5 Å². The number of hydrogen-bond donors (Lipinski definition) is 2. The van der Waals surface area contributed by atoms with Crippen molar-refractivity contribution in [2.24, 2.45) is 0 Å². The third-order valence-corrected chi connectivity index (χ3v) is 4.19. The molecule has 0 spiro atoms. The highest BCUT2D eigenvalue weighted by atomic mass is 15.3. The van der Waals surface area contributed by atoms with Gasteiger partial charge in [-0.25, -0.2) is 0 Å². The number of anilines is 4. The molecule has 0 amide bonds. The molecule has 5 heteroatoms. The van der Waals surface area contributed by atoms with Crippen LogP contribution in [0.2, 0.25) is 0 Å². The Bertz CT molecular complexity index is 912. The summed E-state index contributed by atoms with van der Waals surface area (Å²) in [4.78, 5) is 4.55. The molecule has 2 aromatic carbocycles. The summed E-state index contributed by atoms with van der Waals surface area (Å²) < 4.78 is 0. The molecule has 134 valence electrons. The summed E-state index contributed by atoms with van der Waals surface area (Å²) >= 11 is 0. The van der Waals surface area contributed by atoms with E-state index in [9.17, 15) is 0 Å². The Morgan fingerprint density at radius 1 is 0.885 bits per heavy atom. The van der Waals surface area contributed by atoms with Crippen LogP contribution in [0.3, 0.4) is 0 Å². The minimum absolute atomic E-state index is 0.0197. The van der Waals surface area contributed by atoms with Gasteiger partial charge in [-0.1, -0.05) is 56.7 Å². The van der Waals surface area contributed by atoms with Gasteiger partial charge in [0.25, 0.3) is 0 Å². The summed E-state index contributed by atoms with van der Waals surface area (Å²) in [6, 6.07) is 14.5. The smallest absolute Gasteiger partial charge is 0.249 e. The zero-order chi connectivity index (χ0) is 18.7. The first kappa shape index (κ1) is 17.9. The van der Waals surface area contributed by atoms with Crippen LogP contribution in [0.4, 0.5) is 23.1 Å². The second kappa shape index (κ2) is 7.12. The van der Waals surface area contributed by atoms with E-state index in [1.165, 1.54) is 11.1 Å². The van der Waals surface area contributed by atoms with E-state index in [0.717, 1.165) is 16.9 Å². The van der Waals surface area contributed by atoms with Gasteiger partial charge in [0.2, 0.25) is 5.95 Å². The fourth-order valence-electron chi connectivity index (χ4n) is 2.88. The average Bonchev–Trinajstić information content (AvgIpc) is 2.57. The molecule has 0 unspecified atom stereocenters. The summed E-state index contributed by atoms with van der Waals surface area (Å²) in [7, 11) is 0. The fraction of sp³-hybridized carbons (Fsp3) is 0.286. The van der Waals surface area contributed by atoms with Crippen molar-refractivity contribution < 1.29 is 0 Å². The van der Waals surface area contributed by atoms with Crippen LogP contribution >= 0.6 is 0 Å². The van der Waals surface area contributed by atoms with Crippen LogP contribution in [0.15, 0.2) is 48.7 Å². The number of nitrogens with zero attached hydrogens (tertiary/aromatic N) is 3. The molecule has 0 aliphatic carbocycles. The molecule has 1 heterocycles. The van der Waals surface area contributed by atoms with Crippen LogP contribution in [0.5, 0.6) is 0 Å². The highest BCUT2D eigenvalue weighted by molar-refractivity contribution is 5.63. The number of benzene rings is 2. The van der Waals surface area contributed by atoms with E-state index in [0.29, 0.717) is 11.8 Å². The van der Waals surface area contributed by atoms with Gasteiger partial charge in [0.1, 0.15) is 0 Å². The second-order valence-electron chi connectivity index (χ2n) is 7.53. The standard InChI is InChI=1S/C21H25N5/c1-14-10-11-17(15(2)12-14)23-19-13-22-26-20(25-19)24-18-9-7-6-8-16(18)21(3,4)5/h6-13H,1-5H3,(H2,23,24,25,26). The monoisotopic (exact) mass is 347 g/mol.